The van der Waals surface area contributed by atoms with Gasteiger partial charge in [-0.05, 0) is 52.7 Å². The third kappa shape index (κ3) is 4.69. The zero-order valence-electron chi connectivity index (χ0n) is 13.6. The minimum Gasteiger partial charge on any atom is -0.378 e. The summed E-state index contributed by atoms with van der Waals surface area (Å²) in [5.74, 6) is 0. The first-order valence-electron chi connectivity index (χ1n) is 8.44. The maximum absolute atomic E-state index is 5.74. The lowest BCUT2D eigenvalue weighted by atomic mass is 9.97. The van der Waals surface area contributed by atoms with Crippen molar-refractivity contribution in [3.63, 3.8) is 0 Å². The number of hydrogen-bond acceptors (Lipinski definition) is 4. The molecule has 118 valence electrons. The zero-order valence-corrected chi connectivity index (χ0v) is 13.6. The fourth-order valence-electron chi connectivity index (χ4n) is 3.61. The molecule has 0 aromatic rings. The Kier molecular flexibility index (Phi) is 6.75. The minimum atomic E-state index is 0.545. The van der Waals surface area contributed by atoms with Crippen LogP contribution in [0.2, 0.25) is 0 Å². The Morgan fingerprint density at radius 1 is 1.30 bits per heavy atom. The van der Waals surface area contributed by atoms with Gasteiger partial charge in [0.15, 0.2) is 0 Å². The Morgan fingerprint density at radius 2 is 2.15 bits per heavy atom. The lowest BCUT2D eigenvalue weighted by Crippen LogP contribution is -2.58. The van der Waals surface area contributed by atoms with Crippen LogP contribution in [0, 0.1) is 0 Å². The summed E-state index contributed by atoms with van der Waals surface area (Å²) < 4.78 is 5.74. The van der Waals surface area contributed by atoms with Gasteiger partial charge in [-0.15, -0.1) is 0 Å². The predicted octanol–water partition coefficient (Wildman–Crippen LogP) is 1.56. The topological polar surface area (TPSA) is 27.7 Å². The molecule has 0 amide bonds. The Hall–Kier alpha value is -0.160. The van der Waals surface area contributed by atoms with Gasteiger partial charge in [-0.25, -0.2) is 0 Å². The molecule has 1 N–H and O–H groups in total. The number of piperazine rings is 1. The Labute approximate surface area is 124 Å². The van der Waals surface area contributed by atoms with Crippen LogP contribution in [0.3, 0.4) is 0 Å². The highest BCUT2D eigenvalue weighted by molar-refractivity contribution is 4.88. The van der Waals surface area contributed by atoms with E-state index >= 15 is 0 Å². The van der Waals surface area contributed by atoms with E-state index in [0.29, 0.717) is 18.2 Å². The fraction of sp³-hybridized carbons (Fsp3) is 1.00. The predicted molar refractivity (Wildman–Crippen MR) is 84.2 cm³/mol. The average Bonchev–Trinajstić information content (AvgIpc) is 2.94. The van der Waals surface area contributed by atoms with E-state index in [4.69, 9.17) is 4.74 Å². The maximum atomic E-state index is 5.74. The summed E-state index contributed by atoms with van der Waals surface area (Å²) in [7, 11) is 4.53. The number of rotatable bonds is 7. The molecule has 0 radical (unpaired) electrons. The van der Waals surface area contributed by atoms with Crippen LogP contribution in [-0.4, -0.2) is 74.9 Å². The van der Waals surface area contributed by atoms with Crippen molar-refractivity contribution in [2.75, 3.05) is 46.9 Å². The number of nitrogens with zero attached hydrogens (tertiary/aromatic N) is 2. The molecule has 4 nitrogen and oxygen atoms in total. The molecule has 0 saturated carbocycles. The highest BCUT2D eigenvalue weighted by atomic mass is 16.5. The van der Waals surface area contributed by atoms with Crippen LogP contribution >= 0.6 is 0 Å². The van der Waals surface area contributed by atoms with E-state index in [1.54, 1.807) is 0 Å². The highest BCUT2D eigenvalue weighted by Gasteiger charge is 2.29. The summed E-state index contributed by atoms with van der Waals surface area (Å²) in [6.07, 6.45) is 6.89. The van der Waals surface area contributed by atoms with E-state index in [1.807, 2.05) is 0 Å². The van der Waals surface area contributed by atoms with Gasteiger partial charge in [0.05, 0.1) is 6.10 Å². The standard InChI is InChI=1S/C16H33N3O/c1-4-17-15(9-5-7-14-8-6-12-20-14)16-13-18(2)10-11-19(16)3/h14-17H,4-13H2,1-3H3. The lowest BCUT2D eigenvalue weighted by Gasteiger charge is -2.42. The molecule has 20 heavy (non-hydrogen) atoms. The molecule has 0 aliphatic carbocycles. The van der Waals surface area contributed by atoms with E-state index in [0.717, 1.165) is 13.2 Å². The van der Waals surface area contributed by atoms with Crippen molar-refractivity contribution in [3.05, 3.63) is 0 Å². The molecule has 0 aromatic heterocycles. The van der Waals surface area contributed by atoms with Crippen molar-refractivity contribution in [3.8, 4) is 0 Å². The normalized spacial score (nSPS) is 30.8. The number of ether oxygens (including phenoxy) is 1. The van der Waals surface area contributed by atoms with Crippen molar-refractivity contribution >= 4 is 0 Å². The third-order valence-corrected chi connectivity index (χ3v) is 4.90. The van der Waals surface area contributed by atoms with Crippen LogP contribution in [0.25, 0.3) is 0 Å². The molecule has 2 fully saturated rings. The van der Waals surface area contributed by atoms with Gasteiger partial charge in [0.2, 0.25) is 0 Å². The van der Waals surface area contributed by atoms with Crippen LogP contribution in [0.5, 0.6) is 0 Å². The summed E-state index contributed by atoms with van der Waals surface area (Å²) in [6.45, 7) is 7.85. The van der Waals surface area contributed by atoms with Crippen molar-refractivity contribution < 1.29 is 4.74 Å². The van der Waals surface area contributed by atoms with Gasteiger partial charge in [-0.1, -0.05) is 6.92 Å². The lowest BCUT2D eigenvalue weighted by molar-refractivity contribution is 0.0786. The van der Waals surface area contributed by atoms with Gasteiger partial charge in [0, 0.05) is 38.3 Å². The first-order valence-corrected chi connectivity index (χ1v) is 8.44. The molecule has 3 unspecified atom stereocenters. The Balaban J connectivity index is 1.78. The fourth-order valence-corrected chi connectivity index (χ4v) is 3.61. The molecule has 2 aliphatic rings. The van der Waals surface area contributed by atoms with Crippen LogP contribution in [-0.2, 0) is 4.74 Å². The molecule has 2 heterocycles. The molecule has 2 saturated heterocycles. The molecule has 0 spiro atoms. The first-order chi connectivity index (χ1) is 9.70. The van der Waals surface area contributed by atoms with Gasteiger partial charge in [0.1, 0.15) is 0 Å². The Bertz CT molecular complexity index is 268. The molecule has 4 heteroatoms. The number of hydrogen-bond donors (Lipinski definition) is 1. The second-order valence-corrected chi connectivity index (χ2v) is 6.54. The summed E-state index contributed by atoms with van der Waals surface area (Å²) in [6, 6.07) is 1.27. The van der Waals surface area contributed by atoms with Gasteiger partial charge in [-0.2, -0.15) is 0 Å². The van der Waals surface area contributed by atoms with Gasteiger partial charge in [0.25, 0.3) is 0 Å². The number of likely N-dealkylation sites (N-methyl/N-ethyl adjacent to an activating group) is 3. The van der Waals surface area contributed by atoms with Crippen LogP contribution in [0.4, 0.5) is 0 Å². The maximum Gasteiger partial charge on any atom is 0.0576 e. The second-order valence-electron chi connectivity index (χ2n) is 6.54. The molecular weight excluding hydrogens is 250 g/mol. The van der Waals surface area contributed by atoms with E-state index in [2.05, 4.69) is 36.1 Å². The van der Waals surface area contributed by atoms with Crippen molar-refractivity contribution in [1.82, 2.24) is 15.1 Å². The van der Waals surface area contributed by atoms with E-state index in [9.17, 15) is 0 Å². The van der Waals surface area contributed by atoms with E-state index < -0.39 is 0 Å². The minimum absolute atomic E-state index is 0.545. The van der Waals surface area contributed by atoms with E-state index in [-0.39, 0.29) is 0 Å². The van der Waals surface area contributed by atoms with Crippen LogP contribution in [0.15, 0.2) is 0 Å². The van der Waals surface area contributed by atoms with Crippen molar-refractivity contribution in [2.45, 2.75) is 57.2 Å². The van der Waals surface area contributed by atoms with Crippen molar-refractivity contribution in [2.24, 2.45) is 0 Å². The third-order valence-electron chi connectivity index (χ3n) is 4.90. The summed E-state index contributed by atoms with van der Waals surface area (Å²) in [4.78, 5) is 5.01. The van der Waals surface area contributed by atoms with Crippen LogP contribution < -0.4 is 5.32 Å². The molecule has 0 bridgehead atoms. The van der Waals surface area contributed by atoms with Crippen LogP contribution in [0.1, 0.15) is 39.0 Å². The highest BCUT2D eigenvalue weighted by Crippen LogP contribution is 2.20. The molecular formula is C16H33N3O. The molecule has 2 aliphatic heterocycles. The summed E-state index contributed by atoms with van der Waals surface area (Å²) >= 11 is 0. The smallest absolute Gasteiger partial charge is 0.0576 e. The van der Waals surface area contributed by atoms with Gasteiger partial charge >= 0.3 is 0 Å². The quantitative estimate of drug-likeness (QED) is 0.767. The van der Waals surface area contributed by atoms with Gasteiger partial charge < -0.3 is 15.0 Å². The SMILES string of the molecule is CCNC(CCCC1CCCO1)C1CN(C)CCN1C. The zero-order chi connectivity index (χ0) is 14.4. The van der Waals surface area contributed by atoms with E-state index in [1.165, 1.54) is 51.7 Å². The Morgan fingerprint density at radius 3 is 2.85 bits per heavy atom. The largest absolute Gasteiger partial charge is 0.378 e. The first kappa shape index (κ1) is 16.2. The van der Waals surface area contributed by atoms with Gasteiger partial charge in [-0.3, -0.25) is 4.90 Å². The molecule has 3 atom stereocenters. The number of nitrogens with one attached hydrogen (secondary N) is 1. The molecule has 0 aromatic carbocycles. The average molecular weight is 283 g/mol. The summed E-state index contributed by atoms with van der Waals surface area (Å²) in [5.41, 5.74) is 0. The monoisotopic (exact) mass is 283 g/mol. The molecule has 2 rings (SSSR count). The van der Waals surface area contributed by atoms with Crippen molar-refractivity contribution in [1.29, 1.82) is 0 Å². The second kappa shape index (κ2) is 8.32. The summed E-state index contributed by atoms with van der Waals surface area (Å²) in [5, 5.41) is 3.72.